The average Bonchev–Trinajstić information content (AvgIpc) is 2.63. The van der Waals surface area contributed by atoms with Gasteiger partial charge in [0, 0.05) is 25.7 Å². The molecule has 2 saturated heterocycles. The van der Waals surface area contributed by atoms with Crippen molar-refractivity contribution in [2.24, 2.45) is 0 Å². The minimum atomic E-state index is -3.57. The van der Waals surface area contributed by atoms with Crippen LogP contribution in [0, 0.1) is 0 Å². The minimum Gasteiger partial charge on any atom is -0.207 e. The van der Waals surface area contributed by atoms with E-state index in [4.69, 9.17) is 0 Å². The Labute approximate surface area is 150 Å². The number of piperidine rings is 2. The first-order valence-corrected chi connectivity index (χ1v) is 11.8. The van der Waals surface area contributed by atoms with E-state index in [1.807, 2.05) is 6.92 Å². The lowest BCUT2D eigenvalue weighted by molar-refractivity contribution is 0.268. The van der Waals surface area contributed by atoms with Gasteiger partial charge in [-0.2, -0.15) is 8.61 Å². The molecule has 3 rings (SSSR count). The minimum absolute atomic E-state index is 0.0180. The van der Waals surface area contributed by atoms with E-state index in [-0.39, 0.29) is 15.8 Å². The summed E-state index contributed by atoms with van der Waals surface area (Å²) < 4.78 is 54.0. The van der Waals surface area contributed by atoms with E-state index < -0.39 is 20.0 Å². The second-order valence-corrected chi connectivity index (χ2v) is 10.7. The molecule has 25 heavy (non-hydrogen) atoms. The Bertz CT molecular complexity index is 798. The molecular weight excluding hydrogens is 360 g/mol. The highest BCUT2D eigenvalue weighted by molar-refractivity contribution is 7.89. The lowest BCUT2D eigenvalue weighted by Crippen LogP contribution is -2.41. The van der Waals surface area contributed by atoms with E-state index in [0.29, 0.717) is 19.6 Å². The topological polar surface area (TPSA) is 74.8 Å². The summed E-state index contributed by atoms with van der Waals surface area (Å²) in [5, 5.41) is 0. The summed E-state index contributed by atoms with van der Waals surface area (Å²) >= 11 is 0. The monoisotopic (exact) mass is 386 g/mol. The van der Waals surface area contributed by atoms with Crippen LogP contribution in [0.15, 0.2) is 34.1 Å². The van der Waals surface area contributed by atoms with Crippen LogP contribution < -0.4 is 0 Å². The number of sulfonamides is 2. The van der Waals surface area contributed by atoms with Gasteiger partial charge in [0.1, 0.15) is 0 Å². The lowest BCUT2D eigenvalue weighted by atomic mass is 10.1. The molecule has 0 saturated carbocycles. The normalized spacial score (nSPS) is 24.3. The molecule has 0 radical (unpaired) electrons. The van der Waals surface area contributed by atoms with Gasteiger partial charge in [-0.25, -0.2) is 16.8 Å². The van der Waals surface area contributed by atoms with Crippen LogP contribution in [-0.2, 0) is 20.0 Å². The summed E-state index contributed by atoms with van der Waals surface area (Å²) in [4.78, 5) is 0.332. The van der Waals surface area contributed by atoms with Gasteiger partial charge in [-0.3, -0.25) is 0 Å². The van der Waals surface area contributed by atoms with Crippen LogP contribution in [-0.4, -0.2) is 51.1 Å². The number of benzene rings is 1. The molecule has 0 amide bonds. The molecule has 6 nitrogen and oxygen atoms in total. The predicted molar refractivity (Wildman–Crippen MR) is 96.3 cm³/mol. The van der Waals surface area contributed by atoms with Crippen LogP contribution in [0.25, 0.3) is 0 Å². The molecular formula is C17H26N2O4S2. The van der Waals surface area contributed by atoms with E-state index in [9.17, 15) is 16.8 Å². The predicted octanol–water partition coefficient (Wildman–Crippen LogP) is 2.42. The number of hydrogen-bond donors (Lipinski definition) is 0. The SMILES string of the molecule is C[C@@H]1CCCCN1S(=O)(=O)c1ccc(S(=O)(=O)N2CCCCC2)cc1. The summed E-state index contributed by atoms with van der Waals surface area (Å²) in [6.45, 7) is 3.52. The van der Waals surface area contributed by atoms with Crippen molar-refractivity contribution in [2.75, 3.05) is 19.6 Å². The molecule has 0 unspecified atom stereocenters. The lowest BCUT2D eigenvalue weighted by Gasteiger charge is -2.32. The zero-order valence-electron chi connectivity index (χ0n) is 14.6. The molecule has 140 valence electrons. The third-order valence-electron chi connectivity index (χ3n) is 5.13. The van der Waals surface area contributed by atoms with Gasteiger partial charge in [0.05, 0.1) is 9.79 Å². The van der Waals surface area contributed by atoms with Gasteiger partial charge in [0.15, 0.2) is 0 Å². The fourth-order valence-electron chi connectivity index (χ4n) is 3.60. The van der Waals surface area contributed by atoms with E-state index in [0.717, 1.165) is 38.5 Å². The Kier molecular flexibility index (Phi) is 5.53. The van der Waals surface area contributed by atoms with Gasteiger partial charge in [-0.1, -0.05) is 12.8 Å². The maximum absolute atomic E-state index is 12.8. The summed E-state index contributed by atoms with van der Waals surface area (Å²) in [7, 11) is -7.11. The Morgan fingerprint density at radius 1 is 0.760 bits per heavy atom. The summed E-state index contributed by atoms with van der Waals surface area (Å²) in [6.07, 6.45) is 5.57. The quantitative estimate of drug-likeness (QED) is 0.796. The Morgan fingerprint density at radius 3 is 1.84 bits per heavy atom. The van der Waals surface area contributed by atoms with Crippen molar-refractivity contribution in [2.45, 2.75) is 61.3 Å². The summed E-state index contributed by atoms with van der Waals surface area (Å²) in [5.74, 6) is 0. The van der Waals surface area contributed by atoms with E-state index in [2.05, 4.69) is 0 Å². The fraction of sp³-hybridized carbons (Fsp3) is 0.647. The molecule has 2 aliphatic heterocycles. The van der Waals surface area contributed by atoms with Gasteiger partial charge < -0.3 is 0 Å². The fourth-order valence-corrected chi connectivity index (χ4v) is 6.82. The first-order chi connectivity index (χ1) is 11.8. The Balaban J connectivity index is 1.84. The maximum atomic E-state index is 12.8. The molecule has 0 bridgehead atoms. The van der Waals surface area contributed by atoms with Crippen molar-refractivity contribution in [1.82, 2.24) is 8.61 Å². The van der Waals surface area contributed by atoms with Crippen LogP contribution in [0.5, 0.6) is 0 Å². The van der Waals surface area contributed by atoms with Gasteiger partial charge >= 0.3 is 0 Å². The zero-order valence-corrected chi connectivity index (χ0v) is 16.2. The number of nitrogens with zero attached hydrogens (tertiary/aromatic N) is 2. The third-order valence-corrected chi connectivity index (χ3v) is 9.07. The van der Waals surface area contributed by atoms with Gasteiger partial charge in [-0.05, 0) is 56.9 Å². The standard InChI is InChI=1S/C17H26N2O4S2/c1-15-7-3-6-14-19(15)25(22,23)17-10-8-16(9-11-17)24(20,21)18-12-4-2-5-13-18/h8-11,15H,2-7,12-14H2,1H3/t15-/m1/s1. The number of hydrogen-bond acceptors (Lipinski definition) is 4. The zero-order chi connectivity index (χ0) is 18.1. The molecule has 2 aliphatic rings. The Morgan fingerprint density at radius 2 is 1.28 bits per heavy atom. The number of rotatable bonds is 4. The van der Waals surface area contributed by atoms with Gasteiger partial charge in [0.2, 0.25) is 20.0 Å². The third kappa shape index (κ3) is 3.77. The second kappa shape index (κ2) is 7.34. The van der Waals surface area contributed by atoms with Gasteiger partial charge in [-0.15, -0.1) is 0 Å². The van der Waals surface area contributed by atoms with Crippen LogP contribution in [0.4, 0.5) is 0 Å². The molecule has 1 atom stereocenters. The molecule has 0 spiro atoms. The highest BCUT2D eigenvalue weighted by Crippen LogP contribution is 2.27. The highest BCUT2D eigenvalue weighted by atomic mass is 32.2. The van der Waals surface area contributed by atoms with Crippen molar-refractivity contribution >= 4 is 20.0 Å². The summed E-state index contributed by atoms with van der Waals surface area (Å²) in [6, 6.07) is 5.67. The van der Waals surface area contributed by atoms with E-state index in [1.54, 1.807) is 0 Å². The molecule has 0 aliphatic carbocycles. The van der Waals surface area contributed by atoms with E-state index in [1.165, 1.54) is 32.9 Å². The van der Waals surface area contributed by atoms with Crippen molar-refractivity contribution in [3.05, 3.63) is 24.3 Å². The highest BCUT2D eigenvalue weighted by Gasteiger charge is 2.32. The molecule has 0 aromatic heterocycles. The van der Waals surface area contributed by atoms with Gasteiger partial charge in [0.25, 0.3) is 0 Å². The first kappa shape index (κ1) is 18.8. The smallest absolute Gasteiger partial charge is 0.207 e. The van der Waals surface area contributed by atoms with Crippen molar-refractivity contribution in [3.8, 4) is 0 Å². The largest absolute Gasteiger partial charge is 0.243 e. The van der Waals surface area contributed by atoms with Crippen LogP contribution in [0.3, 0.4) is 0 Å². The van der Waals surface area contributed by atoms with Crippen LogP contribution in [0.1, 0.15) is 45.4 Å². The van der Waals surface area contributed by atoms with Crippen LogP contribution in [0.2, 0.25) is 0 Å². The molecule has 2 fully saturated rings. The second-order valence-electron chi connectivity index (χ2n) is 6.90. The van der Waals surface area contributed by atoms with Crippen molar-refractivity contribution in [3.63, 3.8) is 0 Å². The summed E-state index contributed by atoms with van der Waals surface area (Å²) in [5.41, 5.74) is 0. The van der Waals surface area contributed by atoms with Crippen molar-refractivity contribution < 1.29 is 16.8 Å². The Hall–Kier alpha value is -0.960. The van der Waals surface area contributed by atoms with Crippen LogP contribution >= 0.6 is 0 Å². The maximum Gasteiger partial charge on any atom is 0.243 e. The van der Waals surface area contributed by atoms with Crippen molar-refractivity contribution in [1.29, 1.82) is 0 Å². The van der Waals surface area contributed by atoms with E-state index >= 15 is 0 Å². The molecule has 1 aromatic rings. The molecule has 0 N–H and O–H groups in total. The molecule has 2 heterocycles. The molecule has 8 heteroatoms. The first-order valence-electron chi connectivity index (χ1n) is 8.95. The average molecular weight is 387 g/mol. The molecule has 1 aromatic carbocycles.